The largest absolute Gasteiger partial charge is 0.508 e. The number of phenolic OH excluding ortho intramolecular Hbond substituents is 1. The Hall–Kier alpha value is -2.78. The second-order valence-corrected chi connectivity index (χ2v) is 7.25. The van der Waals surface area contributed by atoms with Gasteiger partial charge in [-0.1, -0.05) is 24.3 Å². The lowest BCUT2D eigenvalue weighted by Crippen LogP contribution is -2.71. The van der Waals surface area contributed by atoms with Crippen molar-refractivity contribution in [2.45, 2.75) is 24.4 Å². The lowest BCUT2D eigenvalue weighted by atomic mass is 10.0. The summed E-state index contributed by atoms with van der Waals surface area (Å²) < 4.78 is 0. The van der Waals surface area contributed by atoms with E-state index >= 15 is 0 Å². The number of carboxylic acids is 1. The lowest BCUT2D eigenvalue weighted by Gasteiger charge is -2.49. The van der Waals surface area contributed by atoms with Crippen LogP contribution in [0.15, 0.2) is 47.7 Å². The molecule has 1 aromatic carbocycles. The van der Waals surface area contributed by atoms with Gasteiger partial charge in [0.1, 0.15) is 28.9 Å². The van der Waals surface area contributed by atoms with Crippen LogP contribution in [0.5, 0.6) is 5.75 Å². The number of phenols is 1. The minimum atomic E-state index is -1.17. The second-order valence-electron chi connectivity index (χ2n) is 6.14. The van der Waals surface area contributed by atoms with E-state index in [4.69, 9.17) is 5.73 Å². The van der Waals surface area contributed by atoms with E-state index in [0.29, 0.717) is 16.9 Å². The van der Waals surface area contributed by atoms with Crippen LogP contribution in [-0.4, -0.2) is 50.1 Å². The number of aliphatic carboxylic acids is 1. The zero-order chi connectivity index (χ0) is 19.7. The molecule has 0 spiro atoms. The van der Waals surface area contributed by atoms with Crippen LogP contribution < -0.4 is 11.1 Å². The third-order valence-electron chi connectivity index (χ3n) is 4.40. The number of fused-ring (bicyclic) bond motifs is 1. The van der Waals surface area contributed by atoms with Crippen LogP contribution >= 0.6 is 11.8 Å². The molecule has 5 N–H and O–H groups in total. The Morgan fingerprint density at radius 1 is 1.37 bits per heavy atom. The third kappa shape index (κ3) is 3.43. The van der Waals surface area contributed by atoms with Crippen LogP contribution in [0.2, 0.25) is 0 Å². The van der Waals surface area contributed by atoms with E-state index in [9.17, 15) is 24.6 Å². The van der Waals surface area contributed by atoms with Gasteiger partial charge >= 0.3 is 5.97 Å². The number of thioether (sulfide) groups is 1. The number of carbonyl (C=O) groups excluding carboxylic acids is 2. The normalized spacial score (nSPS) is 23.0. The number of benzene rings is 1. The molecular weight excluding hydrogens is 370 g/mol. The highest BCUT2D eigenvalue weighted by Gasteiger charge is 2.54. The first-order chi connectivity index (χ1) is 12.8. The number of allylic oxidation sites excluding steroid dienone is 2. The Bertz CT molecular complexity index is 849. The Balaban J connectivity index is 1.74. The van der Waals surface area contributed by atoms with Crippen LogP contribution in [0.4, 0.5) is 0 Å². The number of hydrogen-bond donors (Lipinski definition) is 4. The van der Waals surface area contributed by atoms with E-state index in [1.54, 1.807) is 19.1 Å². The van der Waals surface area contributed by atoms with E-state index in [0.717, 1.165) is 0 Å². The molecule has 2 aliphatic heterocycles. The Morgan fingerprint density at radius 3 is 2.63 bits per heavy atom. The van der Waals surface area contributed by atoms with Crippen molar-refractivity contribution in [3.05, 3.63) is 53.3 Å². The summed E-state index contributed by atoms with van der Waals surface area (Å²) in [6.07, 6.45) is 3.39. The maximum absolute atomic E-state index is 12.5. The smallest absolute Gasteiger partial charge is 0.352 e. The van der Waals surface area contributed by atoms with Crippen molar-refractivity contribution in [2.24, 2.45) is 5.73 Å². The van der Waals surface area contributed by atoms with Gasteiger partial charge in [-0.3, -0.25) is 14.5 Å². The number of carboxylic acid groups (broad SMARTS) is 1. The summed E-state index contributed by atoms with van der Waals surface area (Å²) >= 11 is 1.39. The zero-order valence-corrected chi connectivity index (χ0v) is 15.3. The minimum Gasteiger partial charge on any atom is -0.508 e. The number of β-lactam (4-membered cyclic amide) rings is 1. The lowest BCUT2D eigenvalue weighted by molar-refractivity contribution is -0.150. The van der Waals surface area contributed by atoms with Crippen LogP contribution in [0.1, 0.15) is 18.5 Å². The Morgan fingerprint density at radius 2 is 2.04 bits per heavy atom. The minimum absolute atomic E-state index is 0.0461. The van der Waals surface area contributed by atoms with Gasteiger partial charge in [-0.2, -0.15) is 0 Å². The van der Waals surface area contributed by atoms with Gasteiger partial charge in [-0.05, 0) is 30.2 Å². The third-order valence-corrected chi connectivity index (χ3v) is 5.70. The molecule has 1 fully saturated rings. The van der Waals surface area contributed by atoms with Crippen LogP contribution in [0.25, 0.3) is 0 Å². The predicted octanol–water partition coefficient (Wildman–Crippen LogP) is 0.707. The van der Waals surface area contributed by atoms with Gasteiger partial charge in [0.05, 0.1) is 0 Å². The molecule has 3 atom stereocenters. The number of nitrogens with one attached hydrogen (secondary N) is 1. The molecule has 1 aromatic rings. The highest BCUT2D eigenvalue weighted by atomic mass is 32.2. The fourth-order valence-electron chi connectivity index (χ4n) is 3.05. The van der Waals surface area contributed by atoms with Crippen molar-refractivity contribution < 1.29 is 24.6 Å². The van der Waals surface area contributed by atoms with Crippen molar-refractivity contribution in [1.82, 2.24) is 10.2 Å². The molecule has 3 rings (SSSR count). The summed E-state index contributed by atoms with van der Waals surface area (Å²) in [5.41, 5.74) is 6.93. The number of nitrogens with two attached hydrogens (primary N) is 1. The molecule has 0 bridgehead atoms. The van der Waals surface area contributed by atoms with Crippen molar-refractivity contribution in [2.75, 3.05) is 5.75 Å². The Labute approximate surface area is 159 Å². The fraction of sp³-hybridized carbons (Fsp3) is 0.278. The highest BCUT2D eigenvalue weighted by molar-refractivity contribution is 8.00. The molecule has 8 nitrogen and oxygen atoms in total. The van der Waals surface area contributed by atoms with Gasteiger partial charge < -0.3 is 21.3 Å². The number of amides is 2. The summed E-state index contributed by atoms with van der Waals surface area (Å²) in [6, 6.07) is 4.06. The maximum Gasteiger partial charge on any atom is 0.352 e. The summed E-state index contributed by atoms with van der Waals surface area (Å²) in [5, 5.41) is 20.9. The van der Waals surface area contributed by atoms with E-state index in [2.05, 4.69) is 5.32 Å². The maximum atomic E-state index is 12.5. The topological polar surface area (TPSA) is 133 Å². The molecule has 27 heavy (non-hydrogen) atoms. The number of aromatic hydroxyl groups is 1. The average molecular weight is 389 g/mol. The van der Waals surface area contributed by atoms with Crippen LogP contribution in [-0.2, 0) is 14.4 Å². The van der Waals surface area contributed by atoms with Crippen molar-refractivity contribution in [3.63, 3.8) is 0 Å². The molecule has 0 radical (unpaired) electrons. The molecule has 0 saturated carbocycles. The van der Waals surface area contributed by atoms with Gasteiger partial charge in [-0.15, -0.1) is 11.8 Å². The molecule has 0 aliphatic carbocycles. The van der Waals surface area contributed by atoms with Crippen molar-refractivity contribution in [3.8, 4) is 5.75 Å². The van der Waals surface area contributed by atoms with E-state index in [-0.39, 0.29) is 11.4 Å². The van der Waals surface area contributed by atoms with Crippen molar-refractivity contribution in [1.29, 1.82) is 0 Å². The number of rotatable bonds is 5. The quantitative estimate of drug-likeness (QED) is 0.545. The fourth-order valence-corrected chi connectivity index (χ4v) is 4.37. The first-order valence-corrected chi connectivity index (χ1v) is 9.28. The highest BCUT2D eigenvalue weighted by Crippen LogP contribution is 2.40. The predicted molar refractivity (Wildman–Crippen MR) is 99.5 cm³/mol. The van der Waals surface area contributed by atoms with E-state index < -0.39 is 35.2 Å². The molecule has 142 valence electrons. The molecule has 9 heteroatoms. The first-order valence-electron chi connectivity index (χ1n) is 8.24. The summed E-state index contributed by atoms with van der Waals surface area (Å²) in [4.78, 5) is 37.7. The summed E-state index contributed by atoms with van der Waals surface area (Å²) in [6.45, 7) is 1.77. The zero-order valence-electron chi connectivity index (χ0n) is 14.5. The Kier molecular flexibility index (Phi) is 5.24. The van der Waals surface area contributed by atoms with E-state index in [1.807, 2.05) is 0 Å². The van der Waals surface area contributed by atoms with Crippen molar-refractivity contribution >= 4 is 29.5 Å². The molecule has 2 heterocycles. The molecule has 0 aromatic heterocycles. The van der Waals surface area contributed by atoms with Gasteiger partial charge in [0, 0.05) is 5.75 Å². The van der Waals surface area contributed by atoms with Crippen LogP contribution in [0.3, 0.4) is 0 Å². The number of hydrogen-bond acceptors (Lipinski definition) is 6. The standard InChI is InChI=1S/C18H19N3O5S/c1-2-3-10-8-27-17-13(16(24)21(17)14(10)18(25)26)20-15(23)12(19)9-4-6-11(22)7-5-9/h2-7,12-13,17,22H,8,19H2,1H3,(H,20,23)(H,25,26)/t12-,13+,17-/m1/s1. The van der Waals surface area contributed by atoms with Gasteiger partial charge in [-0.25, -0.2) is 4.79 Å². The molecule has 0 unspecified atom stereocenters. The van der Waals surface area contributed by atoms with Gasteiger partial charge in [0.15, 0.2) is 0 Å². The molecule has 2 amide bonds. The average Bonchev–Trinajstić information content (AvgIpc) is 2.65. The van der Waals surface area contributed by atoms with Crippen LogP contribution in [0, 0.1) is 0 Å². The monoisotopic (exact) mass is 389 g/mol. The number of nitrogens with zero attached hydrogens (tertiary/aromatic N) is 1. The van der Waals surface area contributed by atoms with E-state index in [1.165, 1.54) is 40.9 Å². The summed E-state index contributed by atoms with van der Waals surface area (Å²) in [7, 11) is 0. The first kappa shape index (κ1) is 19.0. The molecular formula is C18H19N3O5S. The number of carbonyl (C=O) groups is 3. The second kappa shape index (κ2) is 7.45. The molecule has 1 saturated heterocycles. The summed E-state index contributed by atoms with van der Waals surface area (Å²) in [5.74, 6) is -1.71. The SMILES string of the molecule is CC=CC1=C(C(=O)O)N2C(=O)[C@H](NC(=O)[C@H](N)c3ccc(O)cc3)[C@H]2SC1. The van der Waals surface area contributed by atoms with Gasteiger partial charge in [0.2, 0.25) is 5.91 Å². The van der Waals surface area contributed by atoms with Gasteiger partial charge in [0.25, 0.3) is 5.91 Å². The molecule has 2 aliphatic rings.